The van der Waals surface area contributed by atoms with Crippen molar-refractivity contribution in [3.63, 3.8) is 0 Å². The van der Waals surface area contributed by atoms with Crippen LogP contribution >= 0.6 is 11.6 Å². The summed E-state index contributed by atoms with van der Waals surface area (Å²) in [4.78, 5) is 12.3. The zero-order valence-corrected chi connectivity index (χ0v) is 12.3. The molecule has 0 unspecified atom stereocenters. The summed E-state index contributed by atoms with van der Waals surface area (Å²) >= 11 is 6.09. The number of hydrogen-bond acceptors (Lipinski definition) is 1. The quantitative estimate of drug-likeness (QED) is 0.755. The van der Waals surface area contributed by atoms with Gasteiger partial charge in [-0.2, -0.15) is 0 Å². The molecule has 0 fully saturated rings. The van der Waals surface area contributed by atoms with Gasteiger partial charge in [0.1, 0.15) is 0 Å². The first-order valence-electron chi connectivity index (χ1n) is 7.03. The molecule has 20 heavy (non-hydrogen) atoms. The van der Waals surface area contributed by atoms with Crippen LogP contribution in [0.3, 0.4) is 0 Å². The van der Waals surface area contributed by atoms with Gasteiger partial charge in [-0.1, -0.05) is 41.9 Å². The molecule has 1 nitrogen and oxygen atoms in total. The lowest BCUT2D eigenvalue weighted by Crippen LogP contribution is -2.04. The highest BCUT2D eigenvalue weighted by molar-refractivity contribution is 6.31. The maximum Gasteiger partial charge on any atom is 0.167 e. The number of Topliss-reactive ketones (excluding diaryl/α,β-unsaturated/α-hetero) is 1. The molecule has 0 aliphatic heterocycles. The minimum absolute atomic E-state index is 0.129. The molecule has 1 aliphatic carbocycles. The summed E-state index contributed by atoms with van der Waals surface area (Å²) in [6.45, 7) is 1.94. The molecule has 0 heterocycles. The van der Waals surface area contributed by atoms with E-state index in [1.807, 2.05) is 19.1 Å². The van der Waals surface area contributed by atoms with E-state index in [1.54, 1.807) is 6.07 Å². The average Bonchev–Trinajstić information content (AvgIpc) is 2.89. The second-order valence-electron chi connectivity index (χ2n) is 5.52. The zero-order chi connectivity index (χ0) is 14.1. The highest BCUT2D eigenvalue weighted by Crippen LogP contribution is 2.24. The summed E-state index contributed by atoms with van der Waals surface area (Å²) in [7, 11) is 0. The first-order chi connectivity index (χ1) is 9.63. The molecule has 2 aromatic carbocycles. The van der Waals surface area contributed by atoms with Crippen LogP contribution in [0.5, 0.6) is 0 Å². The van der Waals surface area contributed by atoms with E-state index in [-0.39, 0.29) is 5.78 Å². The number of fused-ring (bicyclic) bond motifs is 1. The van der Waals surface area contributed by atoms with Crippen LogP contribution in [0, 0.1) is 6.92 Å². The fourth-order valence-electron chi connectivity index (χ4n) is 2.79. The first kappa shape index (κ1) is 13.4. The van der Waals surface area contributed by atoms with Gasteiger partial charge < -0.3 is 0 Å². The minimum atomic E-state index is 0.129. The molecule has 1 aliphatic rings. The largest absolute Gasteiger partial charge is 0.294 e. The molecule has 3 rings (SSSR count). The summed E-state index contributed by atoms with van der Waals surface area (Å²) in [5.41, 5.74) is 5.66. The van der Waals surface area contributed by atoms with Gasteiger partial charge in [-0.15, -0.1) is 0 Å². The van der Waals surface area contributed by atoms with E-state index < -0.39 is 0 Å². The fraction of sp³-hybridized carbons (Fsp3) is 0.278. The van der Waals surface area contributed by atoms with Crippen molar-refractivity contribution in [3.05, 3.63) is 69.2 Å². The van der Waals surface area contributed by atoms with Gasteiger partial charge in [-0.25, -0.2) is 0 Å². The third-order valence-electron chi connectivity index (χ3n) is 4.02. The number of ketones is 1. The fourth-order valence-corrected chi connectivity index (χ4v) is 2.97. The Kier molecular flexibility index (Phi) is 3.62. The second-order valence-corrected chi connectivity index (χ2v) is 5.93. The number of halogens is 1. The third kappa shape index (κ3) is 2.64. The lowest BCUT2D eigenvalue weighted by Gasteiger charge is -2.06. The van der Waals surface area contributed by atoms with Crippen molar-refractivity contribution in [2.75, 3.05) is 0 Å². The average molecular weight is 285 g/mol. The van der Waals surface area contributed by atoms with E-state index in [2.05, 4.69) is 18.2 Å². The molecule has 0 N–H and O–H groups in total. The summed E-state index contributed by atoms with van der Waals surface area (Å²) in [5.74, 6) is 0.129. The standard InChI is InChI=1S/C18H17ClO/c1-12-5-7-16(11-17(12)19)18(20)10-13-6-8-14-3-2-4-15(14)9-13/h5-9,11H,2-4,10H2,1H3. The summed E-state index contributed by atoms with van der Waals surface area (Å²) < 4.78 is 0. The Morgan fingerprint density at radius 1 is 1.10 bits per heavy atom. The Labute approximate surface area is 124 Å². The number of benzene rings is 2. The molecule has 2 aromatic rings. The van der Waals surface area contributed by atoms with Crippen LogP contribution in [0.15, 0.2) is 36.4 Å². The Bertz CT molecular complexity index is 673. The summed E-state index contributed by atoms with van der Waals surface area (Å²) in [6.07, 6.45) is 4.01. The molecular weight excluding hydrogens is 268 g/mol. The Hall–Kier alpha value is -1.60. The van der Waals surface area contributed by atoms with Crippen LogP contribution in [0.2, 0.25) is 5.02 Å². The maximum atomic E-state index is 12.3. The zero-order valence-electron chi connectivity index (χ0n) is 11.6. The van der Waals surface area contributed by atoms with Crippen LogP contribution < -0.4 is 0 Å². The van der Waals surface area contributed by atoms with Crippen molar-refractivity contribution >= 4 is 17.4 Å². The third-order valence-corrected chi connectivity index (χ3v) is 4.43. The highest BCUT2D eigenvalue weighted by atomic mass is 35.5. The molecule has 0 bridgehead atoms. The SMILES string of the molecule is Cc1ccc(C(=O)Cc2ccc3c(c2)CCC3)cc1Cl. The van der Waals surface area contributed by atoms with Crippen LogP contribution in [0.4, 0.5) is 0 Å². The van der Waals surface area contributed by atoms with Gasteiger partial charge in [0, 0.05) is 17.0 Å². The molecule has 0 aromatic heterocycles. The van der Waals surface area contributed by atoms with E-state index in [0.717, 1.165) is 17.5 Å². The lowest BCUT2D eigenvalue weighted by atomic mass is 9.99. The molecule has 0 radical (unpaired) electrons. The van der Waals surface area contributed by atoms with Gasteiger partial charge in [-0.05, 0) is 54.5 Å². The van der Waals surface area contributed by atoms with Crippen LogP contribution in [-0.2, 0) is 19.3 Å². The second kappa shape index (κ2) is 5.41. The summed E-state index contributed by atoms with van der Waals surface area (Å²) in [6, 6.07) is 12.0. The highest BCUT2D eigenvalue weighted by Gasteiger charge is 2.13. The van der Waals surface area contributed by atoms with E-state index in [1.165, 1.54) is 24.0 Å². The van der Waals surface area contributed by atoms with Crippen LogP contribution in [0.25, 0.3) is 0 Å². The molecule has 0 spiro atoms. The van der Waals surface area contributed by atoms with Gasteiger partial charge in [0.2, 0.25) is 0 Å². The van der Waals surface area contributed by atoms with Gasteiger partial charge in [0.15, 0.2) is 5.78 Å². The molecule has 0 saturated heterocycles. The van der Waals surface area contributed by atoms with Crippen molar-refractivity contribution in [1.29, 1.82) is 0 Å². The Morgan fingerprint density at radius 3 is 2.70 bits per heavy atom. The number of rotatable bonds is 3. The van der Waals surface area contributed by atoms with E-state index in [0.29, 0.717) is 17.0 Å². The molecule has 2 heteroatoms. The molecule has 0 amide bonds. The summed E-state index contributed by atoms with van der Waals surface area (Å²) in [5, 5.41) is 0.657. The van der Waals surface area contributed by atoms with E-state index >= 15 is 0 Å². The normalized spacial score (nSPS) is 13.3. The Balaban J connectivity index is 1.80. The van der Waals surface area contributed by atoms with Gasteiger partial charge >= 0.3 is 0 Å². The molecule has 0 saturated carbocycles. The minimum Gasteiger partial charge on any atom is -0.294 e. The van der Waals surface area contributed by atoms with Gasteiger partial charge in [0.05, 0.1) is 0 Å². The van der Waals surface area contributed by atoms with Crippen LogP contribution in [0.1, 0.15) is 39.0 Å². The number of hydrogen-bond donors (Lipinski definition) is 0. The van der Waals surface area contributed by atoms with Crippen LogP contribution in [-0.4, -0.2) is 5.78 Å². The van der Waals surface area contributed by atoms with Crippen molar-refractivity contribution in [3.8, 4) is 0 Å². The molecule has 0 atom stereocenters. The van der Waals surface area contributed by atoms with Crippen molar-refractivity contribution < 1.29 is 4.79 Å². The topological polar surface area (TPSA) is 17.1 Å². The maximum absolute atomic E-state index is 12.3. The molecule has 102 valence electrons. The van der Waals surface area contributed by atoms with Crippen molar-refractivity contribution in [2.45, 2.75) is 32.6 Å². The predicted octanol–water partition coefficient (Wildman–Crippen LogP) is 4.56. The van der Waals surface area contributed by atoms with E-state index in [9.17, 15) is 4.79 Å². The van der Waals surface area contributed by atoms with Gasteiger partial charge in [0.25, 0.3) is 0 Å². The van der Waals surface area contributed by atoms with Crippen molar-refractivity contribution in [1.82, 2.24) is 0 Å². The number of carbonyl (C=O) groups excluding carboxylic acids is 1. The lowest BCUT2D eigenvalue weighted by molar-refractivity contribution is 0.0993. The number of aryl methyl sites for hydroxylation is 3. The monoisotopic (exact) mass is 284 g/mol. The van der Waals surface area contributed by atoms with E-state index in [4.69, 9.17) is 11.6 Å². The predicted molar refractivity (Wildman–Crippen MR) is 82.7 cm³/mol. The van der Waals surface area contributed by atoms with Gasteiger partial charge in [-0.3, -0.25) is 4.79 Å². The number of carbonyl (C=O) groups is 1. The molecular formula is C18H17ClO. The smallest absolute Gasteiger partial charge is 0.167 e. The van der Waals surface area contributed by atoms with Crippen molar-refractivity contribution in [2.24, 2.45) is 0 Å². The first-order valence-corrected chi connectivity index (χ1v) is 7.41. The Morgan fingerprint density at radius 2 is 1.90 bits per heavy atom.